The molecule has 0 N–H and O–H groups in total. The fraction of sp³-hybridized carbons (Fsp3) is 0.400. The molecule has 0 amide bonds. The zero-order valence-corrected chi connectivity index (χ0v) is 26.4. The number of hydrogen-bond donors (Lipinski definition) is 0. The van der Waals surface area contributed by atoms with Crippen LogP contribution in [0.25, 0.3) is 0 Å². The Morgan fingerprint density at radius 3 is 0.824 bits per heavy atom. The third-order valence-electron chi connectivity index (χ3n) is 7.35. The molecule has 0 saturated heterocycles. The molecule has 0 heterocycles. The van der Waals surface area contributed by atoms with Gasteiger partial charge in [-0.15, -0.1) is 0 Å². The average molecular weight is 657 g/mol. The van der Waals surface area contributed by atoms with Crippen molar-refractivity contribution in [3.05, 3.63) is 85.0 Å². The van der Waals surface area contributed by atoms with E-state index in [0.717, 1.165) is 50.6 Å². The molecule has 3 nitrogen and oxygen atoms in total. The van der Waals surface area contributed by atoms with Gasteiger partial charge >= 0.3 is 217 Å². The molecule has 0 spiro atoms. The van der Waals surface area contributed by atoms with Gasteiger partial charge in [-0.05, 0) is 0 Å². The third kappa shape index (κ3) is 5.13. The Hall–Kier alpha value is -2.06. The van der Waals surface area contributed by atoms with Crippen LogP contribution in [0.3, 0.4) is 0 Å². The Morgan fingerprint density at radius 1 is 0.353 bits per heavy atom. The Morgan fingerprint density at radius 2 is 0.588 bits per heavy atom. The van der Waals surface area contributed by atoms with Crippen molar-refractivity contribution in [3.63, 3.8) is 0 Å². The van der Waals surface area contributed by atoms with Crippen LogP contribution in [-0.2, 0) is 0 Å². The van der Waals surface area contributed by atoms with Crippen LogP contribution in [0.4, 0.5) is 0 Å². The van der Waals surface area contributed by atoms with E-state index in [1.165, 1.54) is 33.4 Å². The van der Waals surface area contributed by atoms with Gasteiger partial charge in [0.2, 0.25) is 0 Å². The van der Waals surface area contributed by atoms with Crippen LogP contribution in [0.2, 0.25) is 0 Å². The fourth-order valence-corrected chi connectivity index (χ4v) is 9.93. The third-order valence-corrected chi connectivity index (χ3v) is 11.2. The van der Waals surface area contributed by atoms with Gasteiger partial charge in [-0.1, -0.05) is 0 Å². The molecule has 0 radical (unpaired) electrons. The van der Waals surface area contributed by atoms with E-state index in [9.17, 15) is 0 Å². The normalized spacial score (nSPS) is 11.2. The van der Waals surface area contributed by atoms with Crippen molar-refractivity contribution in [1.29, 1.82) is 0 Å². The van der Waals surface area contributed by atoms with Crippen molar-refractivity contribution < 1.29 is 8.44 Å². The van der Waals surface area contributed by atoms with Crippen LogP contribution in [0, 0.1) is 83.1 Å². The minimum atomic E-state index is -3.51. The van der Waals surface area contributed by atoms with E-state index in [4.69, 9.17) is 8.44 Å². The topological polar surface area (TPSA) is 27.7 Å². The Bertz CT molecular complexity index is 1100. The van der Waals surface area contributed by atoms with Crippen molar-refractivity contribution >= 4 is 23.1 Å². The van der Waals surface area contributed by atoms with E-state index in [-0.39, 0.29) is 0 Å². The van der Waals surface area contributed by atoms with Crippen molar-refractivity contribution in [2.75, 3.05) is 0 Å². The number of hydrogen-bond acceptors (Lipinski definition) is 3. The zero-order valence-electron chi connectivity index (χ0n) is 22.9. The molecule has 3 aromatic carbocycles. The van der Waals surface area contributed by atoms with Crippen LogP contribution in [0.5, 0.6) is 17.2 Å². The van der Waals surface area contributed by atoms with E-state index in [1.54, 1.807) is 0 Å². The Labute approximate surface area is 216 Å². The summed E-state index contributed by atoms with van der Waals surface area (Å²) in [7, 11) is 0. The van der Waals surface area contributed by atoms with Crippen LogP contribution in [-0.4, -0.2) is 23.1 Å². The minimum absolute atomic E-state index is 0.902. The van der Waals surface area contributed by atoms with Gasteiger partial charge in [0.25, 0.3) is 0 Å². The first-order valence-corrected chi connectivity index (χ1v) is 16.2. The first-order chi connectivity index (χ1) is 15.8. The zero-order chi connectivity index (χ0) is 25.5. The van der Waals surface area contributed by atoms with Gasteiger partial charge < -0.3 is 0 Å². The molecule has 0 saturated carbocycles. The summed E-state index contributed by atoms with van der Waals surface area (Å²) < 4.78 is 20.2. The second kappa shape index (κ2) is 10.3. The first kappa shape index (κ1) is 26.5. The molecule has 3 rings (SSSR count). The number of rotatable bonds is 6. The van der Waals surface area contributed by atoms with Gasteiger partial charge in [-0.2, -0.15) is 0 Å². The van der Waals surface area contributed by atoms with Crippen molar-refractivity contribution in [2.45, 2.75) is 83.1 Å². The van der Waals surface area contributed by atoms with Crippen molar-refractivity contribution in [3.8, 4) is 17.2 Å². The molecule has 0 fully saturated rings. The first-order valence-electron chi connectivity index (χ1n) is 11.9. The van der Waals surface area contributed by atoms with Gasteiger partial charge in [0.1, 0.15) is 0 Å². The van der Waals surface area contributed by atoms with E-state index in [0.29, 0.717) is 0 Å². The molecule has 0 aliphatic carbocycles. The summed E-state index contributed by atoms with van der Waals surface area (Å²) in [4.78, 5) is 0. The maximum absolute atomic E-state index is 6.74. The van der Waals surface area contributed by atoms with E-state index in [1.807, 2.05) is 0 Å². The molecule has 3 aromatic rings. The second-order valence-electron chi connectivity index (χ2n) is 9.77. The molecule has 4 heteroatoms. The molecular formula is C30H39BiO3. The van der Waals surface area contributed by atoms with Crippen LogP contribution >= 0.6 is 0 Å². The molecule has 0 aliphatic heterocycles. The van der Waals surface area contributed by atoms with Gasteiger partial charge in [-0.25, -0.2) is 0 Å². The Balaban J connectivity index is 2.12. The van der Waals surface area contributed by atoms with Crippen molar-refractivity contribution in [2.24, 2.45) is 0 Å². The predicted octanol–water partition coefficient (Wildman–Crippen LogP) is 7.91. The molecule has 0 aliphatic rings. The molecule has 182 valence electrons. The number of aryl methyl sites for hydroxylation is 6. The summed E-state index contributed by atoms with van der Waals surface area (Å²) >= 11 is -3.51. The molecular weight excluding hydrogens is 617 g/mol. The monoisotopic (exact) mass is 656 g/mol. The molecule has 34 heavy (non-hydrogen) atoms. The molecule has 0 aromatic heterocycles. The van der Waals surface area contributed by atoms with E-state index in [2.05, 4.69) is 101 Å². The SMILES string of the molecule is Cc1cc(C)c([O][Bi]([O]c2c(C)cc(C)c(C)c2C)[O]c2c(C)cc(C)c(C)c2C)c(C)c1C. The van der Waals surface area contributed by atoms with E-state index < -0.39 is 23.1 Å². The summed E-state index contributed by atoms with van der Waals surface area (Å²) in [5.74, 6) is 2.71. The molecule has 0 atom stereocenters. The van der Waals surface area contributed by atoms with Crippen molar-refractivity contribution in [1.82, 2.24) is 0 Å². The summed E-state index contributed by atoms with van der Waals surface area (Å²) in [5.41, 5.74) is 14.4. The average Bonchev–Trinajstić information content (AvgIpc) is 2.77. The van der Waals surface area contributed by atoms with Gasteiger partial charge in [0.05, 0.1) is 0 Å². The van der Waals surface area contributed by atoms with Gasteiger partial charge in [0, 0.05) is 0 Å². The fourth-order valence-electron chi connectivity index (χ4n) is 4.48. The maximum atomic E-state index is 6.74. The summed E-state index contributed by atoms with van der Waals surface area (Å²) in [6.07, 6.45) is 0. The summed E-state index contributed by atoms with van der Waals surface area (Å²) in [6, 6.07) is 6.58. The molecule has 0 unspecified atom stereocenters. The Kier molecular flexibility index (Phi) is 8.03. The summed E-state index contributed by atoms with van der Waals surface area (Å²) in [6.45, 7) is 25.6. The number of benzene rings is 3. The van der Waals surface area contributed by atoms with Gasteiger partial charge in [0.15, 0.2) is 0 Å². The van der Waals surface area contributed by atoms with Crippen LogP contribution < -0.4 is 8.44 Å². The van der Waals surface area contributed by atoms with Gasteiger partial charge in [-0.3, -0.25) is 0 Å². The second-order valence-corrected chi connectivity index (χ2v) is 13.6. The predicted molar refractivity (Wildman–Crippen MR) is 144 cm³/mol. The van der Waals surface area contributed by atoms with Crippen LogP contribution in [0.15, 0.2) is 18.2 Å². The van der Waals surface area contributed by atoms with E-state index >= 15 is 0 Å². The molecule has 0 bridgehead atoms. The van der Waals surface area contributed by atoms with Crippen LogP contribution in [0.1, 0.15) is 66.8 Å². The summed E-state index contributed by atoms with van der Waals surface area (Å²) in [5, 5.41) is 0. The standard InChI is InChI=1S/3C10H14O.Bi/c3*1-6-5-7(2)10(11)9(4)8(6)3;/h3*5,11H,1-4H3;/q;;;+3/p-3. The quantitative estimate of drug-likeness (QED) is 0.253.